The minimum absolute atomic E-state index is 0.0948. The number of hydrogen-bond acceptors (Lipinski definition) is 3. The van der Waals surface area contributed by atoms with Gasteiger partial charge in [0.25, 0.3) is 5.91 Å². The van der Waals surface area contributed by atoms with Crippen LogP contribution in [0.1, 0.15) is 43.0 Å². The minimum Gasteiger partial charge on any atom is -0.349 e. The number of hydrogen-bond donors (Lipinski definition) is 1. The van der Waals surface area contributed by atoms with Crippen molar-refractivity contribution in [3.05, 3.63) is 39.4 Å². The van der Waals surface area contributed by atoms with Crippen molar-refractivity contribution in [1.29, 1.82) is 0 Å². The Morgan fingerprint density at radius 1 is 1.43 bits per heavy atom. The number of carbonyl (C=O) groups excluding carboxylic acids is 1. The molecule has 1 aromatic rings. The number of halogens is 2. The van der Waals surface area contributed by atoms with Gasteiger partial charge in [0.2, 0.25) is 5.82 Å². The van der Waals surface area contributed by atoms with Crippen LogP contribution in [0.3, 0.4) is 0 Å². The smallest absolute Gasteiger partial charge is 0.307 e. The SMILES string of the molecule is CCC(CC1CC1)NC(=O)c1cc(F)c([N+](=O)[O-])cc1F. The highest BCUT2D eigenvalue weighted by molar-refractivity contribution is 5.95. The molecule has 7 heteroatoms. The molecule has 21 heavy (non-hydrogen) atoms. The molecule has 0 spiro atoms. The standard InChI is InChI=1S/C14H16F2N2O3/c1-2-9(5-8-3-4-8)17-14(19)10-6-12(16)13(18(20)21)7-11(10)15/h6-9H,2-5H2,1H3,(H,17,19). The van der Waals surface area contributed by atoms with Crippen molar-refractivity contribution < 1.29 is 18.5 Å². The van der Waals surface area contributed by atoms with Crippen molar-refractivity contribution >= 4 is 11.6 Å². The molecule has 1 aromatic carbocycles. The van der Waals surface area contributed by atoms with Crippen LogP contribution < -0.4 is 5.32 Å². The number of nitro benzene ring substituents is 1. The maximum atomic E-state index is 13.7. The van der Waals surface area contributed by atoms with Crippen LogP contribution in [0.2, 0.25) is 0 Å². The molecule has 1 N–H and O–H groups in total. The third-order valence-electron chi connectivity index (χ3n) is 3.62. The molecule has 0 saturated heterocycles. The Hall–Kier alpha value is -2.05. The molecule has 0 bridgehead atoms. The maximum absolute atomic E-state index is 13.7. The predicted molar refractivity (Wildman–Crippen MR) is 71.9 cm³/mol. The summed E-state index contributed by atoms with van der Waals surface area (Å²) in [5, 5.41) is 13.2. The molecule has 1 amide bonds. The lowest BCUT2D eigenvalue weighted by molar-refractivity contribution is -0.387. The first-order valence-electron chi connectivity index (χ1n) is 6.86. The zero-order valence-corrected chi connectivity index (χ0v) is 11.6. The van der Waals surface area contributed by atoms with Gasteiger partial charge >= 0.3 is 5.69 Å². The molecular weight excluding hydrogens is 282 g/mol. The highest BCUT2D eigenvalue weighted by Crippen LogP contribution is 2.34. The second kappa shape index (κ2) is 6.15. The van der Waals surface area contributed by atoms with E-state index in [4.69, 9.17) is 0 Å². The number of nitrogens with one attached hydrogen (secondary N) is 1. The van der Waals surface area contributed by atoms with Gasteiger partial charge in [-0.05, 0) is 24.8 Å². The normalized spacial score (nSPS) is 15.6. The third kappa shape index (κ3) is 3.74. The van der Waals surface area contributed by atoms with E-state index < -0.39 is 33.7 Å². The zero-order valence-electron chi connectivity index (χ0n) is 11.6. The van der Waals surface area contributed by atoms with Gasteiger partial charge in [0.1, 0.15) is 5.82 Å². The Labute approximate surface area is 120 Å². The summed E-state index contributed by atoms with van der Waals surface area (Å²) in [5.41, 5.74) is -1.48. The monoisotopic (exact) mass is 298 g/mol. The fourth-order valence-electron chi connectivity index (χ4n) is 2.20. The lowest BCUT2D eigenvalue weighted by Crippen LogP contribution is -2.35. The molecule has 1 saturated carbocycles. The quantitative estimate of drug-likeness (QED) is 0.647. The summed E-state index contributed by atoms with van der Waals surface area (Å²) in [6.45, 7) is 1.90. The summed E-state index contributed by atoms with van der Waals surface area (Å²) >= 11 is 0. The van der Waals surface area contributed by atoms with E-state index in [1.165, 1.54) is 0 Å². The van der Waals surface area contributed by atoms with Gasteiger partial charge in [-0.15, -0.1) is 0 Å². The molecule has 1 atom stereocenters. The second-order valence-corrected chi connectivity index (χ2v) is 5.30. The number of amides is 1. The van der Waals surface area contributed by atoms with Crippen molar-refractivity contribution in [3.63, 3.8) is 0 Å². The van der Waals surface area contributed by atoms with Crippen molar-refractivity contribution in [2.24, 2.45) is 5.92 Å². The Bertz CT molecular complexity index is 574. The van der Waals surface area contributed by atoms with E-state index >= 15 is 0 Å². The predicted octanol–water partition coefficient (Wildman–Crippen LogP) is 3.18. The van der Waals surface area contributed by atoms with E-state index in [2.05, 4.69) is 5.32 Å². The number of rotatable bonds is 6. The molecule has 0 heterocycles. The van der Waals surface area contributed by atoms with E-state index in [-0.39, 0.29) is 6.04 Å². The van der Waals surface area contributed by atoms with Gasteiger partial charge in [-0.3, -0.25) is 14.9 Å². The van der Waals surface area contributed by atoms with Gasteiger partial charge < -0.3 is 5.32 Å². The molecule has 0 radical (unpaired) electrons. The molecule has 1 unspecified atom stereocenters. The number of carbonyl (C=O) groups is 1. The van der Waals surface area contributed by atoms with Gasteiger partial charge in [0, 0.05) is 6.04 Å². The first kappa shape index (κ1) is 15.3. The highest BCUT2D eigenvalue weighted by Gasteiger charge is 2.27. The minimum atomic E-state index is -1.22. The summed E-state index contributed by atoms with van der Waals surface area (Å²) in [4.78, 5) is 21.5. The van der Waals surface area contributed by atoms with Gasteiger partial charge in [-0.1, -0.05) is 19.8 Å². The van der Waals surface area contributed by atoms with E-state index in [0.717, 1.165) is 19.3 Å². The van der Waals surface area contributed by atoms with Crippen LogP contribution in [0.15, 0.2) is 12.1 Å². The van der Waals surface area contributed by atoms with Crippen LogP contribution >= 0.6 is 0 Å². The zero-order chi connectivity index (χ0) is 15.6. The summed E-state index contributed by atoms with van der Waals surface area (Å²) in [5.74, 6) is -2.47. The first-order valence-corrected chi connectivity index (χ1v) is 6.86. The molecule has 1 aliphatic carbocycles. The second-order valence-electron chi connectivity index (χ2n) is 5.30. The first-order chi connectivity index (χ1) is 9.92. The van der Waals surface area contributed by atoms with Crippen molar-refractivity contribution in [1.82, 2.24) is 5.32 Å². The Morgan fingerprint density at radius 3 is 2.62 bits per heavy atom. The number of nitrogens with zero attached hydrogens (tertiary/aromatic N) is 1. The van der Waals surface area contributed by atoms with E-state index in [9.17, 15) is 23.7 Å². The highest BCUT2D eigenvalue weighted by atomic mass is 19.1. The summed E-state index contributed by atoms with van der Waals surface area (Å²) in [6.07, 6.45) is 3.78. The average molecular weight is 298 g/mol. The van der Waals surface area contributed by atoms with Crippen LogP contribution in [-0.2, 0) is 0 Å². The van der Waals surface area contributed by atoms with Crippen molar-refractivity contribution in [2.45, 2.75) is 38.6 Å². The average Bonchev–Trinajstić information content (AvgIpc) is 3.23. The molecular formula is C14H16F2N2O3. The largest absolute Gasteiger partial charge is 0.349 e. The third-order valence-corrected chi connectivity index (χ3v) is 3.62. The van der Waals surface area contributed by atoms with E-state index in [1.54, 1.807) is 0 Å². The molecule has 0 aromatic heterocycles. The molecule has 2 rings (SSSR count). The van der Waals surface area contributed by atoms with Gasteiger partial charge in [-0.25, -0.2) is 4.39 Å². The lowest BCUT2D eigenvalue weighted by Gasteiger charge is -2.16. The van der Waals surface area contributed by atoms with Gasteiger partial charge in [-0.2, -0.15) is 4.39 Å². The Morgan fingerprint density at radius 2 is 2.10 bits per heavy atom. The number of nitro groups is 1. The summed E-state index contributed by atoms with van der Waals surface area (Å²) in [6, 6.07) is 0.918. The van der Waals surface area contributed by atoms with Crippen molar-refractivity contribution in [3.8, 4) is 0 Å². The molecule has 5 nitrogen and oxygen atoms in total. The molecule has 114 valence electrons. The van der Waals surface area contributed by atoms with E-state index in [1.807, 2.05) is 6.92 Å². The molecule has 0 aliphatic heterocycles. The fraction of sp³-hybridized carbons (Fsp3) is 0.500. The Balaban J connectivity index is 2.14. The van der Waals surface area contributed by atoms with Crippen molar-refractivity contribution in [2.75, 3.05) is 0 Å². The Kier molecular flexibility index (Phi) is 4.50. The van der Waals surface area contributed by atoms with Gasteiger partial charge in [0.05, 0.1) is 16.6 Å². The molecule has 1 aliphatic rings. The molecule has 1 fully saturated rings. The lowest BCUT2D eigenvalue weighted by atomic mass is 10.1. The van der Waals surface area contributed by atoms with Crippen LogP contribution in [0, 0.1) is 27.7 Å². The van der Waals surface area contributed by atoms with Crippen LogP contribution in [-0.4, -0.2) is 16.9 Å². The van der Waals surface area contributed by atoms with Crippen LogP contribution in [0.5, 0.6) is 0 Å². The maximum Gasteiger partial charge on any atom is 0.307 e. The summed E-state index contributed by atoms with van der Waals surface area (Å²) < 4.78 is 27.2. The van der Waals surface area contributed by atoms with Crippen LogP contribution in [0.4, 0.5) is 14.5 Å². The fourth-order valence-corrected chi connectivity index (χ4v) is 2.20. The summed E-state index contributed by atoms with van der Waals surface area (Å²) in [7, 11) is 0. The van der Waals surface area contributed by atoms with Gasteiger partial charge in [0.15, 0.2) is 0 Å². The topological polar surface area (TPSA) is 72.2 Å². The number of benzene rings is 1. The van der Waals surface area contributed by atoms with Crippen LogP contribution in [0.25, 0.3) is 0 Å². The van der Waals surface area contributed by atoms with E-state index in [0.29, 0.717) is 24.5 Å².